The summed E-state index contributed by atoms with van der Waals surface area (Å²) in [5, 5.41) is 6.05. The van der Waals surface area contributed by atoms with Crippen LogP contribution < -0.4 is 10.6 Å². The van der Waals surface area contributed by atoms with E-state index in [9.17, 15) is 4.79 Å². The summed E-state index contributed by atoms with van der Waals surface area (Å²) in [6, 6.07) is 9.60. The first-order valence-corrected chi connectivity index (χ1v) is 8.50. The minimum atomic E-state index is -0.226. The standard InChI is InChI=1S/C19H26N4O/c1-5-6-11-20-19-21-14(4)12-17(23-19)18(24)22-16-9-7-15(8-10-16)13(2)3/h7-10,12-13H,5-6,11H2,1-4H3,(H,22,24)(H,20,21,23). The Hall–Kier alpha value is -2.43. The molecule has 0 aliphatic rings. The van der Waals surface area contributed by atoms with Crippen molar-refractivity contribution < 1.29 is 4.79 Å². The predicted molar refractivity (Wildman–Crippen MR) is 98.7 cm³/mol. The number of aromatic nitrogens is 2. The fourth-order valence-electron chi connectivity index (χ4n) is 2.29. The molecule has 0 spiro atoms. The number of amides is 1. The first-order valence-electron chi connectivity index (χ1n) is 8.50. The lowest BCUT2D eigenvalue weighted by Gasteiger charge is -2.10. The third-order valence-electron chi connectivity index (χ3n) is 3.74. The van der Waals surface area contributed by atoms with Gasteiger partial charge in [0.1, 0.15) is 5.69 Å². The van der Waals surface area contributed by atoms with Crippen LogP contribution in [0.1, 0.15) is 61.3 Å². The zero-order valence-corrected chi connectivity index (χ0v) is 14.9. The monoisotopic (exact) mass is 326 g/mol. The average molecular weight is 326 g/mol. The Kier molecular flexibility index (Phi) is 6.29. The summed E-state index contributed by atoms with van der Waals surface area (Å²) in [6.07, 6.45) is 2.14. The zero-order valence-electron chi connectivity index (χ0n) is 14.9. The van der Waals surface area contributed by atoms with Crippen molar-refractivity contribution in [1.29, 1.82) is 0 Å². The van der Waals surface area contributed by atoms with E-state index in [1.165, 1.54) is 5.56 Å². The predicted octanol–water partition coefficient (Wildman–Crippen LogP) is 4.37. The maximum Gasteiger partial charge on any atom is 0.274 e. The largest absolute Gasteiger partial charge is 0.354 e. The summed E-state index contributed by atoms with van der Waals surface area (Å²) >= 11 is 0. The van der Waals surface area contributed by atoms with Crippen LogP contribution in [0.25, 0.3) is 0 Å². The highest BCUT2D eigenvalue weighted by atomic mass is 16.1. The second-order valence-electron chi connectivity index (χ2n) is 6.23. The number of aryl methyl sites for hydroxylation is 1. The number of nitrogens with one attached hydrogen (secondary N) is 2. The van der Waals surface area contributed by atoms with Crippen LogP contribution in [0.15, 0.2) is 30.3 Å². The lowest BCUT2D eigenvalue weighted by Crippen LogP contribution is -2.16. The number of anilines is 2. The van der Waals surface area contributed by atoms with Crippen LogP contribution in [0, 0.1) is 6.92 Å². The van der Waals surface area contributed by atoms with Gasteiger partial charge in [-0.3, -0.25) is 4.79 Å². The topological polar surface area (TPSA) is 66.9 Å². The summed E-state index contributed by atoms with van der Waals surface area (Å²) in [5.41, 5.74) is 3.15. The molecule has 0 unspecified atom stereocenters. The van der Waals surface area contributed by atoms with Crippen molar-refractivity contribution in [3.63, 3.8) is 0 Å². The second kappa shape index (κ2) is 8.43. The van der Waals surface area contributed by atoms with E-state index in [0.29, 0.717) is 17.6 Å². The third-order valence-corrected chi connectivity index (χ3v) is 3.74. The van der Waals surface area contributed by atoms with Gasteiger partial charge in [-0.15, -0.1) is 0 Å². The highest BCUT2D eigenvalue weighted by molar-refractivity contribution is 6.03. The highest BCUT2D eigenvalue weighted by Crippen LogP contribution is 2.17. The number of nitrogens with zero attached hydrogens (tertiary/aromatic N) is 2. The van der Waals surface area contributed by atoms with Gasteiger partial charge < -0.3 is 10.6 Å². The number of carbonyl (C=O) groups is 1. The van der Waals surface area contributed by atoms with Gasteiger partial charge >= 0.3 is 0 Å². The summed E-state index contributed by atoms with van der Waals surface area (Å²) in [7, 11) is 0. The van der Waals surface area contributed by atoms with Crippen LogP contribution in [-0.2, 0) is 0 Å². The van der Waals surface area contributed by atoms with Crippen LogP contribution >= 0.6 is 0 Å². The summed E-state index contributed by atoms with van der Waals surface area (Å²) < 4.78 is 0. The van der Waals surface area contributed by atoms with Gasteiger partial charge in [0.2, 0.25) is 5.95 Å². The summed E-state index contributed by atoms with van der Waals surface area (Å²) in [6.45, 7) is 9.08. The summed E-state index contributed by atoms with van der Waals surface area (Å²) in [5.74, 6) is 0.746. The minimum absolute atomic E-state index is 0.226. The number of hydrogen-bond donors (Lipinski definition) is 2. The molecular weight excluding hydrogens is 300 g/mol. The molecule has 0 aliphatic carbocycles. The van der Waals surface area contributed by atoms with Gasteiger partial charge in [-0.1, -0.05) is 39.3 Å². The van der Waals surface area contributed by atoms with Crippen molar-refractivity contribution in [2.45, 2.75) is 46.5 Å². The molecule has 2 N–H and O–H groups in total. The zero-order chi connectivity index (χ0) is 17.5. The molecular formula is C19H26N4O. The third kappa shape index (κ3) is 5.05. The quantitative estimate of drug-likeness (QED) is 0.741. The molecule has 2 aromatic rings. The van der Waals surface area contributed by atoms with Crippen LogP contribution in [0.5, 0.6) is 0 Å². The Morgan fingerprint density at radius 1 is 1.17 bits per heavy atom. The normalized spacial score (nSPS) is 10.7. The fourth-order valence-corrected chi connectivity index (χ4v) is 2.29. The molecule has 0 atom stereocenters. The first kappa shape index (κ1) is 17.9. The molecule has 5 heteroatoms. The van der Waals surface area contributed by atoms with Gasteiger partial charge in [-0.05, 0) is 43.0 Å². The van der Waals surface area contributed by atoms with Crippen molar-refractivity contribution in [1.82, 2.24) is 9.97 Å². The Morgan fingerprint density at radius 2 is 1.88 bits per heavy atom. The smallest absolute Gasteiger partial charge is 0.274 e. The molecule has 1 aromatic heterocycles. The minimum Gasteiger partial charge on any atom is -0.354 e. The second-order valence-corrected chi connectivity index (χ2v) is 6.23. The number of hydrogen-bond acceptors (Lipinski definition) is 4. The number of carbonyl (C=O) groups excluding carboxylic acids is 1. The number of benzene rings is 1. The van der Waals surface area contributed by atoms with E-state index in [1.807, 2.05) is 31.2 Å². The molecule has 1 aromatic carbocycles. The molecule has 0 aliphatic heterocycles. The SMILES string of the molecule is CCCCNc1nc(C)cc(C(=O)Nc2ccc(C(C)C)cc2)n1. The van der Waals surface area contributed by atoms with Crippen molar-refractivity contribution in [2.24, 2.45) is 0 Å². The molecule has 0 fully saturated rings. The Bertz CT molecular complexity index is 680. The van der Waals surface area contributed by atoms with Gasteiger partial charge in [0.15, 0.2) is 0 Å². The van der Waals surface area contributed by atoms with Gasteiger partial charge in [0.05, 0.1) is 0 Å². The first-order chi connectivity index (χ1) is 11.5. The molecule has 5 nitrogen and oxygen atoms in total. The Morgan fingerprint density at radius 3 is 2.50 bits per heavy atom. The van der Waals surface area contributed by atoms with E-state index in [-0.39, 0.29) is 5.91 Å². The van der Waals surface area contributed by atoms with Crippen LogP contribution in [0.4, 0.5) is 11.6 Å². The maximum absolute atomic E-state index is 12.4. The van der Waals surface area contributed by atoms with Crippen LogP contribution in [0.3, 0.4) is 0 Å². The van der Waals surface area contributed by atoms with E-state index in [1.54, 1.807) is 6.07 Å². The number of rotatable bonds is 7. The highest BCUT2D eigenvalue weighted by Gasteiger charge is 2.11. The molecule has 24 heavy (non-hydrogen) atoms. The van der Waals surface area contributed by atoms with Crippen molar-refractivity contribution in [2.75, 3.05) is 17.2 Å². The lowest BCUT2D eigenvalue weighted by atomic mass is 10.0. The van der Waals surface area contributed by atoms with Crippen molar-refractivity contribution >= 4 is 17.5 Å². The molecule has 1 amide bonds. The van der Waals surface area contributed by atoms with E-state index in [2.05, 4.69) is 41.4 Å². The molecule has 0 saturated heterocycles. The Labute approximate surface area is 143 Å². The van der Waals surface area contributed by atoms with Crippen LogP contribution in [-0.4, -0.2) is 22.4 Å². The average Bonchev–Trinajstić information content (AvgIpc) is 2.55. The lowest BCUT2D eigenvalue weighted by molar-refractivity contribution is 0.102. The van der Waals surface area contributed by atoms with Gasteiger partial charge in [0.25, 0.3) is 5.91 Å². The van der Waals surface area contributed by atoms with Crippen molar-refractivity contribution in [3.05, 3.63) is 47.3 Å². The molecule has 0 bridgehead atoms. The molecule has 0 radical (unpaired) electrons. The van der Waals surface area contributed by atoms with E-state index in [0.717, 1.165) is 30.8 Å². The molecule has 2 rings (SSSR count). The maximum atomic E-state index is 12.4. The van der Waals surface area contributed by atoms with Crippen molar-refractivity contribution in [3.8, 4) is 0 Å². The van der Waals surface area contributed by atoms with Gasteiger partial charge in [0, 0.05) is 17.9 Å². The summed E-state index contributed by atoms with van der Waals surface area (Å²) in [4.78, 5) is 21.1. The van der Waals surface area contributed by atoms with E-state index >= 15 is 0 Å². The molecule has 0 saturated carbocycles. The van der Waals surface area contributed by atoms with Crippen LogP contribution in [0.2, 0.25) is 0 Å². The van der Waals surface area contributed by atoms with Gasteiger partial charge in [-0.2, -0.15) is 0 Å². The molecule has 1 heterocycles. The number of unbranched alkanes of at least 4 members (excludes halogenated alkanes) is 1. The molecule has 128 valence electrons. The van der Waals surface area contributed by atoms with E-state index < -0.39 is 0 Å². The fraction of sp³-hybridized carbons (Fsp3) is 0.421. The van der Waals surface area contributed by atoms with Gasteiger partial charge in [-0.25, -0.2) is 9.97 Å². The van der Waals surface area contributed by atoms with E-state index in [4.69, 9.17) is 0 Å². The Balaban J connectivity index is 2.08.